The highest BCUT2D eigenvalue weighted by molar-refractivity contribution is 5.96. The number of nitrogens with zero attached hydrogens (tertiary/aromatic N) is 3. The fourth-order valence-corrected chi connectivity index (χ4v) is 3.04. The number of carbonyl (C=O) groups excluding carboxylic acids is 3. The van der Waals surface area contributed by atoms with Gasteiger partial charge in [0, 0.05) is 12.1 Å². The van der Waals surface area contributed by atoms with Gasteiger partial charge in [-0.1, -0.05) is 29.8 Å². The minimum absolute atomic E-state index is 0.223. The number of nitrogens with one attached hydrogen (secondary N) is 2. The molecule has 0 spiro atoms. The first-order valence-electron chi connectivity index (χ1n) is 9.70. The summed E-state index contributed by atoms with van der Waals surface area (Å²) in [5.41, 5.74) is 9.96. The van der Waals surface area contributed by atoms with Gasteiger partial charge >= 0.3 is 0 Å². The van der Waals surface area contributed by atoms with Crippen molar-refractivity contribution in [2.24, 2.45) is 5.73 Å². The number of aryl methyl sites for hydroxylation is 3. The molecule has 0 saturated carbocycles. The number of rotatable bonds is 7. The molecule has 2 aromatic carbocycles. The molecule has 4 N–H and O–H groups in total. The summed E-state index contributed by atoms with van der Waals surface area (Å²) in [7, 11) is 0. The van der Waals surface area contributed by atoms with Crippen molar-refractivity contribution in [3.05, 3.63) is 76.1 Å². The quantitative estimate of drug-likeness (QED) is 0.531. The van der Waals surface area contributed by atoms with Crippen molar-refractivity contribution < 1.29 is 14.4 Å². The molecule has 9 heteroatoms. The van der Waals surface area contributed by atoms with E-state index in [0.29, 0.717) is 11.3 Å². The van der Waals surface area contributed by atoms with Crippen LogP contribution in [0, 0.1) is 20.8 Å². The molecule has 9 nitrogen and oxygen atoms in total. The number of primary amides is 1. The van der Waals surface area contributed by atoms with Crippen molar-refractivity contribution in [1.29, 1.82) is 0 Å². The molecular weight excluding hydrogens is 396 g/mol. The molecule has 0 unspecified atom stereocenters. The maximum atomic E-state index is 12.6. The fourth-order valence-electron chi connectivity index (χ4n) is 3.04. The van der Waals surface area contributed by atoms with Crippen LogP contribution in [-0.2, 0) is 11.3 Å². The molecule has 1 aromatic heterocycles. The Kier molecular flexibility index (Phi) is 6.44. The van der Waals surface area contributed by atoms with Crippen LogP contribution in [0.4, 0.5) is 0 Å². The van der Waals surface area contributed by atoms with E-state index in [0.717, 1.165) is 22.4 Å². The van der Waals surface area contributed by atoms with E-state index in [4.69, 9.17) is 5.73 Å². The summed E-state index contributed by atoms with van der Waals surface area (Å²) >= 11 is 0. The Morgan fingerprint density at radius 3 is 2.29 bits per heavy atom. The third-order valence-electron chi connectivity index (χ3n) is 4.66. The zero-order chi connectivity index (χ0) is 22.5. The standard InChI is InChI=1S/C22H24N6O3/c1-13-4-9-18(14(2)10-13)28-26-15(3)20(27-28)22(31)24-11-16-5-7-17(8-6-16)21(30)25-12-19(23)29/h4-10H,11-12H2,1-3H3,(H2,23,29)(H,24,31)(H,25,30). The zero-order valence-corrected chi connectivity index (χ0v) is 17.6. The van der Waals surface area contributed by atoms with Crippen molar-refractivity contribution in [2.45, 2.75) is 27.3 Å². The van der Waals surface area contributed by atoms with E-state index in [1.54, 1.807) is 31.2 Å². The molecular formula is C22H24N6O3. The summed E-state index contributed by atoms with van der Waals surface area (Å²) in [5, 5.41) is 14.0. The Hall–Kier alpha value is -4.01. The molecule has 31 heavy (non-hydrogen) atoms. The number of hydrogen-bond acceptors (Lipinski definition) is 5. The Morgan fingerprint density at radius 2 is 1.65 bits per heavy atom. The van der Waals surface area contributed by atoms with Crippen LogP contribution in [0.25, 0.3) is 5.69 Å². The summed E-state index contributed by atoms with van der Waals surface area (Å²) < 4.78 is 0. The van der Waals surface area contributed by atoms with Crippen molar-refractivity contribution >= 4 is 17.7 Å². The van der Waals surface area contributed by atoms with Gasteiger partial charge in [0.15, 0.2) is 5.69 Å². The van der Waals surface area contributed by atoms with Gasteiger partial charge in [-0.25, -0.2) is 0 Å². The second kappa shape index (κ2) is 9.21. The maximum absolute atomic E-state index is 12.6. The largest absolute Gasteiger partial charge is 0.368 e. The van der Waals surface area contributed by atoms with E-state index in [-0.39, 0.29) is 24.7 Å². The molecule has 0 bridgehead atoms. The predicted octanol–water partition coefficient (Wildman–Crippen LogP) is 1.34. The summed E-state index contributed by atoms with van der Waals surface area (Å²) in [6.45, 7) is 5.76. The van der Waals surface area contributed by atoms with Crippen molar-refractivity contribution in [1.82, 2.24) is 25.6 Å². The second-order valence-electron chi connectivity index (χ2n) is 7.24. The molecule has 3 aromatic rings. The topological polar surface area (TPSA) is 132 Å². The molecule has 0 aliphatic rings. The molecule has 0 saturated heterocycles. The lowest BCUT2D eigenvalue weighted by Crippen LogP contribution is -2.33. The molecule has 3 rings (SSSR count). The monoisotopic (exact) mass is 420 g/mol. The van der Waals surface area contributed by atoms with E-state index < -0.39 is 11.8 Å². The number of carbonyl (C=O) groups is 3. The predicted molar refractivity (Wildman–Crippen MR) is 115 cm³/mol. The van der Waals surface area contributed by atoms with Crippen LogP contribution < -0.4 is 16.4 Å². The van der Waals surface area contributed by atoms with Gasteiger partial charge in [-0.2, -0.15) is 9.90 Å². The van der Waals surface area contributed by atoms with Crippen LogP contribution in [-0.4, -0.2) is 39.3 Å². The van der Waals surface area contributed by atoms with E-state index in [1.165, 1.54) is 4.80 Å². The van der Waals surface area contributed by atoms with E-state index >= 15 is 0 Å². The van der Waals surface area contributed by atoms with Gasteiger partial charge in [0.25, 0.3) is 11.8 Å². The third kappa shape index (κ3) is 5.33. The highest BCUT2D eigenvalue weighted by Gasteiger charge is 2.17. The van der Waals surface area contributed by atoms with Gasteiger partial charge in [0.2, 0.25) is 5.91 Å². The lowest BCUT2D eigenvalue weighted by atomic mass is 10.1. The summed E-state index contributed by atoms with van der Waals surface area (Å²) in [5.74, 6) is -1.35. The Labute approximate surface area is 179 Å². The fraction of sp³-hybridized carbons (Fsp3) is 0.227. The molecule has 0 fully saturated rings. The van der Waals surface area contributed by atoms with Crippen LogP contribution in [0.1, 0.15) is 43.2 Å². The lowest BCUT2D eigenvalue weighted by Gasteiger charge is -2.06. The minimum atomic E-state index is -0.613. The van der Waals surface area contributed by atoms with Gasteiger partial charge in [-0.15, -0.1) is 5.10 Å². The number of aromatic nitrogens is 3. The molecule has 160 valence electrons. The molecule has 0 aliphatic heterocycles. The average molecular weight is 420 g/mol. The molecule has 0 radical (unpaired) electrons. The first-order chi connectivity index (χ1) is 14.7. The second-order valence-corrected chi connectivity index (χ2v) is 7.24. The normalized spacial score (nSPS) is 10.5. The number of hydrogen-bond donors (Lipinski definition) is 3. The molecule has 1 heterocycles. The molecule has 3 amide bonds. The van der Waals surface area contributed by atoms with E-state index in [2.05, 4.69) is 20.8 Å². The minimum Gasteiger partial charge on any atom is -0.368 e. The third-order valence-corrected chi connectivity index (χ3v) is 4.66. The van der Waals surface area contributed by atoms with Crippen molar-refractivity contribution in [3.63, 3.8) is 0 Å². The highest BCUT2D eigenvalue weighted by atomic mass is 16.2. The Bertz CT molecular complexity index is 1130. The Balaban J connectivity index is 1.64. The van der Waals surface area contributed by atoms with Gasteiger partial charge in [0.05, 0.1) is 17.9 Å². The first kappa shape index (κ1) is 21.7. The van der Waals surface area contributed by atoms with Crippen LogP contribution in [0.5, 0.6) is 0 Å². The van der Waals surface area contributed by atoms with Crippen LogP contribution in [0.3, 0.4) is 0 Å². The molecule has 0 aliphatic carbocycles. The summed E-state index contributed by atoms with van der Waals surface area (Å²) in [6.07, 6.45) is 0. The van der Waals surface area contributed by atoms with Gasteiger partial charge in [0.1, 0.15) is 0 Å². The number of benzene rings is 2. The Morgan fingerprint density at radius 1 is 0.935 bits per heavy atom. The number of amides is 3. The van der Waals surface area contributed by atoms with E-state index in [9.17, 15) is 14.4 Å². The van der Waals surface area contributed by atoms with E-state index in [1.807, 2.05) is 32.0 Å². The lowest BCUT2D eigenvalue weighted by molar-refractivity contribution is -0.117. The maximum Gasteiger partial charge on any atom is 0.274 e. The van der Waals surface area contributed by atoms with Crippen LogP contribution in [0.2, 0.25) is 0 Å². The van der Waals surface area contributed by atoms with Crippen molar-refractivity contribution in [2.75, 3.05) is 6.54 Å². The zero-order valence-electron chi connectivity index (χ0n) is 17.6. The van der Waals surface area contributed by atoms with Crippen LogP contribution in [0.15, 0.2) is 42.5 Å². The summed E-state index contributed by atoms with van der Waals surface area (Å²) in [4.78, 5) is 36.7. The van der Waals surface area contributed by atoms with Crippen LogP contribution >= 0.6 is 0 Å². The van der Waals surface area contributed by atoms with Gasteiger partial charge < -0.3 is 16.4 Å². The first-order valence-corrected chi connectivity index (χ1v) is 9.70. The van der Waals surface area contributed by atoms with Gasteiger partial charge in [-0.05, 0) is 50.1 Å². The SMILES string of the molecule is Cc1ccc(-n2nc(C)c(C(=O)NCc3ccc(C(=O)NCC(N)=O)cc3)n2)c(C)c1. The van der Waals surface area contributed by atoms with Crippen molar-refractivity contribution in [3.8, 4) is 5.69 Å². The number of nitrogens with two attached hydrogens (primary N) is 1. The highest BCUT2D eigenvalue weighted by Crippen LogP contribution is 2.15. The van der Waals surface area contributed by atoms with Gasteiger partial charge in [-0.3, -0.25) is 14.4 Å². The summed E-state index contributed by atoms with van der Waals surface area (Å²) in [6, 6.07) is 12.6. The molecule has 0 atom stereocenters. The smallest absolute Gasteiger partial charge is 0.274 e. The average Bonchev–Trinajstić information content (AvgIpc) is 3.12.